The highest BCUT2D eigenvalue weighted by atomic mass is 32.1. The highest BCUT2D eigenvalue weighted by Crippen LogP contribution is 2.22. The number of terminal acetylenes is 1. The minimum absolute atomic E-state index is 0.0223. The van der Waals surface area contributed by atoms with E-state index in [9.17, 15) is 19.5 Å². The number of benzene rings is 1. The Kier molecular flexibility index (Phi) is 26.8. The second-order valence-electron chi connectivity index (χ2n) is 12.4. The summed E-state index contributed by atoms with van der Waals surface area (Å²) in [7, 11) is 1.76. The van der Waals surface area contributed by atoms with Gasteiger partial charge in [0.15, 0.2) is 0 Å². The summed E-state index contributed by atoms with van der Waals surface area (Å²) in [5, 5.41) is 14.2. The largest absolute Gasteiger partial charge is 0.391 e. The monoisotopic (exact) mass is 685 g/mol. The Morgan fingerprint density at radius 3 is 2.21 bits per heavy atom. The summed E-state index contributed by atoms with van der Waals surface area (Å²) in [5.41, 5.74) is 8.99. The highest BCUT2D eigenvalue weighted by molar-refractivity contribution is 7.07. The van der Waals surface area contributed by atoms with Gasteiger partial charge in [-0.3, -0.25) is 14.4 Å². The lowest BCUT2D eigenvalue weighted by molar-refractivity contribution is -0.132. The fourth-order valence-corrected chi connectivity index (χ4v) is 5.28. The van der Waals surface area contributed by atoms with Crippen LogP contribution in [0.2, 0.25) is 0 Å². The Bertz CT molecular complexity index is 1130. The van der Waals surface area contributed by atoms with Crippen LogP contribution in [0.15, 0.2) is 41.2 Å². The van der Waals surface area contributed by atoms with E-state index in [-0.39, 0.29) is 37.1 Å². The zero-order valence-electron chi connectivity index (χ0n) is 30.5. The number of amides is 3. The second-order valence-corrected chi connectivity index (χ2v) is 13.2. The Hall–Kier alpha value is -3.26. The van der Waals surface area contributed by atoms with Gasteiger partial charge < -0.3 is 26.0 Å². The van der Waals surface area contributed by atoms with Crippen LogP contribution < -0.4 is 11.1 Å². The molecule has 1 fully saturated rings. The lowest BCUT2D eigenvalue weighted by Crippen LogP contribution is -2.36. The van der Waals surface area contributed by atoms with E-state index in [2.05, 4.69) is 60.9 Å². The van der Waals surface area contributed by atoms with E-state index in [4.69, 9.17) is 12.2 Å². The summed E-state index contributed by atoms with van der Waals surface area (Å²) >= 11 is 1.52. The maximum atomic E-state index is 11.8. The first-order chi connectivity index (χ1) is 22.9. The summed E-state index contributed by atoms with van der Waals surface area (Å²) in [5.74, 6) is 2.83. The molecule has 270 valence electrons. The Labute approximate surface area is 295 Å². The van der Waals surface area contributed by atoms with Gasteiger partial charge in [0.05, 0.1) is 17.3 Å². The number of carbonyl (C=O) groups is 3. The molecule has 2 atom stereocenters. The first-order valence-corrected chi connectivity index (χ1v) is 18.4. The van der Waals surface area contributed by atoms with E-state index in [0.29, 0.717) is 25.8 Å². The minimum Gasteiger partial charge on any atom is -0.391 e. The zero-order valence-corrected chi connectivity index (χ0v) is 31.3. The molecule has 2 aromatic rings. The summed E-state index contributed by atoms with van der Waals surface area (Å²) in [6, 6.07) is 10.3. The number of nitrogens with zero attached hydrogens (tertiary/aromatic N) is 3. The molecule has 1 aliphatic rings. The number of aromatic nitrogens is 1. The summed E-state index contributed by atoms with van der Waals surface area (Å²) in [6.45, 7) is 14.3. The van der Waals surface area contributed by atoms with Gasteiger partial charge in [0, 0.05) is 63.7 Å². The summed E-state index contributed by atoms with van der Waals surface area (Å²) < 4.78 is 0. The standard InChI is InChI=1S/C13H18N2O2S.C11H23N3O2.C7H14.C7H8/c1-3-4-5-12(16)7-14-13(17)10(2)6-11-8-18-9-15-11;1-4-14(5-2)9-8-13(3)11(16)7-6-10(12)15;2*1-7-5-3-2-4-6-7/h1,8-10,12,16H,4-7H2,2H3,(H,14,17);4-9H2,1-3H3,(H2,12,15);7H,2-6H2,1H3;2-6H,1H3/t10-,12?;;;/m0.../s1. The molecule has 0 aliphatic heterocycles. The number of hydrogen-bond donors (Lipinski definition) is 3. The topological polar surface area (TPSA) is 129 Å². The van der Waals surface area contributed by atoms with E-state index < -0.39 is 12.0 Å². The molecule has 1 aromatic heterocycles. The van der Waals surface area contributed by atoms with Crippen molar-refractivity contribution in [2.45, 2.75) is 105 Å². The number of nitrogens with two attached hydrogens (primary N) is 1. The van der Waals surface area contributed by atoms with Crippen molar-refractivity contribution < 1.29 is 19.5 Å². The fourth-order valence-electron chi connectivity index (χ4n) is 4.71. The van der Waals surface area contributed by atoms with Crippen LogP contribution in [0.25, 0.3) is 0 Å². The van der Waals surface area contributed by atoms with Crippen LogP contribution in [-0.2, 0) is 20.8 Å². The van der Waals surface area contributed by atoms with Crippen LogP contribution >= 0.6 is 11.3 Å². The van der Waals surface area contributed by atoms with Gasteiger partial charge >= 0.3 is 0 Å². The molecule has 0 saturated heterocycles. The predicted octanol–water partition coefficient (Wildman–Crippen LogP) is 5.85. The fraction of sp³-hybridized carbons (Fsp3) is 0.632. The first kappa shape index (κ1) is 44.7. The quantitative estimate of drug-likeness (QED) is 0.202. The maximum Gasteiger partial charge on any atom is 0.223 e. The molecule has 1 aliphatic carbocycles. The maximum absolute atomic E-state index is 11.8. The van der Waals surface area contributed by atoms with Crippen LogP contribution in [0.3, 0.4) is 0 Å². The van der Waals surface area contributed by atoms with Gasteiger partial charge in [0.25, 0.3) is 0 Å². The molecule has 0 radical (unpaired) electrons. The van der Waals surface area contributed by atoms with Crippen molar-refractivity contribution in [1.29, 1.82) is 0 Å². The van der Waals surface area contributed by atoms with Crippen molar-refractivity contribution in [3.05, 3.63) is 52.5 Å². The van der Waals surface area contributed by atoms with Gasteiger partial charge in [0.2, 0.25) is 17.7 Å². The van der Waals surface area contributed by atoms with E-state index in [0.717, 1.165) is 31.2 Å². The van der Waals surface area contributed by atoms with Gasteiger partial charge in [-0.1, -0.05) is 95.7 Å². The Balaban J connectivity index is 0.000000663. The molecule has 1 unspecified atom stereocenters. The van der Waals surface area contributed by atoms with Crippen LogP contribution in [0.4, 0.5) is 0 Å². The third kappa shape index (κ3) is 24.9. The molecule has 0 bridgehead atoms. The van der Waals surface area contributed by atoms with E-state index >= 15 is 0 Å². The van der Waals surface area contributed by atoms with Crippen molar-refractivity contribution in [2.75, 3.05) is 39.8 Å². The average Bonchev–Trinajstić information content (AvgIpc) is 3.60. The van der Waals surface area contributed by atoms with Gasteiger partial charge in [0.1, 0.15) is 0 Å². The molecule has 0 spiro atoms. The van der Waals surface area contributed by atoms with Gasteiger partial charge in [-0.25, -0.2) is 4.98 Å². The molecule has 3 rings (SSSR count). The zero-order chi connectivity index (χ0) is 36.2. The van der Waals surface area contributed by atoms with Crippen molar-refractivity contribution in [2.24, 2.45) is 17.6 Å². The van der Waals surface area contributed by atoms with Gasteiger partial charge in [-0.2, -0.15) is 0 Å². The molecular weight excluding hydrogens is 623 g/mol. The first-order valence-electron chi connectivity index (χ1n) is 17.5. The number of carbonyl (C=O) groups excluding carboxylic acids is 3. The molecule has 4 N–H and O–H groups in total. The number of thiazole rings is 1. The van der Waals surface area contributed by atoms with E-state index in [1.165, 1.54) is 49.0 Å². The number of rotatable bonds is 15. The lowest BCUT2D eigenvalue weighted by atomic mass is 9.91. The third-order valence-corrected chi connectivity index (χ3v) is 8.71. The predicted molar refractivity (Wildman–Crippen MR) is 199 cm³/mol. The highest BCUT2D eigenvalue weighted by Gasteiger charge is 2.15. The number of likely N-dealkylation sites (N-methyl/N-ethyl adjacent to an activating group) is 2. The number of nitrogens with one attached hydrogen (secondary N) is 1. The van der Waals surface area contributed by atoms with Crippen LogP contribution in [0.5, 0.6) is 0 Å². The number of aliphatic hydroxyl groups excluding tert-OH is 1. The number of aryl methyl sites for hydroxylation is 1. The molecule has 1 heterocycles. The van der Waals surface area contributed by atoms with Crippen LogP contribution in [0, 0.1) is 31.1 Å². The van der Waals surface area contributed by atoms with Crippen LogP contribution in [0.1, 0.15) is 96.7 Å². The van der Waals surface area contributed by atoms with Crippen molar-refractivity contribution in [3.63, 3.8) is 0 Å². The summed E-state index contributed by atoms with van der Waals surface area (Å²) in [4.78, 5) is 41.9. The Morgan fingerprint density at radius 2 is 1.75 bits per heavy atom. The van der Waals surface area contributed by atoms with Gasteiger partial charge in [-0.05, 0) is 32.4 Å². The van der Waals surface area contributed by atoms with Gasteiger partial charge in [-0.15, -0.1) is 23.7 Å². The molecule has 1 saturated carbocycles. The van der Waals surface area contributed by atoms with Crippen molar-refractivity contribution in [1.82, 2.24) is 20.1 Å². The molecule has 1 aromatic carbocycles. The second kappa shape index (κ2) is 28.7. The van der Waals surface area contributed by atoms with E-state index in [1.807, 2.05) is 30.5 Å². The van der Waals surface area contributed by atoms with Crippen LogP contribution in [-0.4, -0.2) is 83.5 Å². The molecule has 3 amide bonds. The molecule has 10 heteroatoms. The number of hydrogen-bond acceptors (Lipinski definition) is 7. The number of primary amides is 1. The smallest absolute Gasteiger partial charge is 0.223 e. The molecule has 9 nitrogen and oxygen atoms in total. The molecule has 48 heavy (non-hydrogen) atoms. The average molecular weight is 686 g/mol. The van der Waals surface area contributed by atoms with E-state index in [1.54, 1.807) is 17.5 Å². The van der Waals surface area contributed by atoms with Crippen molar-refractivity contribution in [3.8, 4) is 12.3 Å². The lowest BCUT2D eigenvalue weighted by Gasteiger charge is -2.23. The normalized spacial score (nSPS) is 13.6. The van der Waals surface area contributed by atoms with Crippen molar-refractivity contribution >= 4 is 29.1 Å². The third-order valence-electron chi connectivity index (χ3n) is 8.07. The summed E-state index contributed by atoms with van der Waals surface area (Å²) in [6.07, 6.45) is 14.0. The Morgan fingerprint density at radius 1 is 1.10 bits per heavy atom. The SMILES string of the molecule is C#CCCC(O)CNC(=O)[C@@H](C)Cc1cscn1.CC1CCCCC1.CCN(CC)CCN(C)C(=O)CCC(N)=O.Cc1ccccc1. The molecular formula is C38H63N5O4S. The minimum atomic E-state index is -0.573. The number of aliphatic hydroxyl groups is 1.